The summed E-state index contributed by atoms with van der Waals surface area (Å²) in [6, 6.07) is 0. The molecule has 1 saturated carbocycles. The van der Waals surface area contributed by atoms with E-state index in [1.54, 1.807) is 0 Å². The summed E-state index contributed by atoms with van der Waals surface area (Å²) in [7, 11) is 0. The van der Waals surface area contributed by atoms with Crippen molar-refractivity contribution in [1.82, 2.24) is 10.6 Å². The van der Waals surface area contributed by atoms with Crippen molar-refractivity contribution in [3.63, 3.8) is 0 Å². The molecule has 0 spiro atoms. The lowest BCUT2D eigenvalue weighted by atomic mass is 10.2. The lowest BCUT2D eigenvalue weighted by molar-refractivity contribution is 0.580. The molecule has 2 nitrogen and oxygen atoms in total. The van der Waals surface area contributed by atoms with Gasteiger partial charge in [-0.1, -0.05) is 18.8 Å². The third-order valence-corrected chi connectivity index (χ3v) is 2.37. The highest BCUT2D eigenvalue weighted by Gasteiger charge is 2.19. The first-order chi connectivity index (χ1) is 6.43. The van der Waals surface area contributed by atoms with Gasteiger partial charge in [0, 0.05) is 13.1 Å². The van der Waals surface area contributed by atoms with Gasteiger partial charge in [0.15, 0.2) is 0 Å². The van der Waals surface area contributed by atoms with E-state index in [1.807, 2.05) is 0 Å². The zero-order valence-corrected chi connectivity index (χ0v) is 8.31. The number of hydrogen-bond acceptors (Lipinski definition) is 2. The van der Waals surface area contributed by atoms with Gasteiger partial charge in [-0.15, -0.1) is 6.42 Å². The summed E-state index contributed by atoms with van der Waals surface area (Å²) in [5.41, 5.74) is 0. The van der Waals surface area contributed by atoms with Gasteiger partial charge in [-0.05, 0) is 25.3 Å². The van der Waals surface area contributed by atoms with Gasteiger partial charge in [0.05, 0.1) is 6.54 Å². The fourth-order valence-electron chi connectivity index (χ4n) is 1.38. The van der Waals surface area contributed by atoms with Gasteiger partial charge in [0.2, 0.25) is 0 Å². The van der Waals surface area contributed by atoms with Crippen molar-refractivity contribution >= 4 is 0 Å². The van der Waals surface area contributed by atoms with E-state index in [-0.39, 0.29) is 0 Å². The summed E-state index contributed by atoms with van der Waals surface area (Å²) in [6.07, 6.45) is 10.8. The fraction of sp³-hybridized carbons (Fsp3) is 0.818. The van der Waals surface area contributed by atoms with Crippen molar-refractivity contribution in [3.8, 4) is 12.3 Å². The minimum atomic E-state index is 0.684. The van der Waals surface area contributed by atoms with Gasteiger partial charge < -0.3 is 10.6 Å². The highest BCUT2D eigenvalue weighted by molar-refractivity contribution is 4.86. The molecular formula is C11H20N2. The third kappa shape index (κ3) is 6.62. The zero-order chi connectivity index (χ0) is 9.36. The van der Waals surface area contributed by atoms with E-state index in [4.69, 9.17) is 6.42 Å². The lowest BCUT2D eigenvalue weighted by Crippen LogP contribution is -2.28. The Morgan fingerprint density at radius 2 is 1.92 bits per heavy atom. The number of terminal acetylenes is 1. The predicted molar refractivity (Wildman–Crippen MR) is 56.5 cm³/mol. The maximum atomic E-state index is 5.10. The number of hydrogen-bond donors (Lipinski definition) is 2. The first kappa shape index (κ1) is 10.6. The third-order valence-electron chi connectivity index (χ3n) is 2.37. The van der Waals surface area contributed by atoms with E-state index in [2.05, 4.69) is 16.6 Å². The van der Waals surface area contributed by atoms with Crippen molar-refractivity contribution in [2.24, 2.45) is 5.92 Å². The second-order valence-electron chi connectivity index (χ2n) is 3.72. The smallest absolute Gasteiger partial charge is 0.0574 e. The van der Waals surface area contributed by atoms with Gasteiger partial charge in [-0.3, -0.25) is 0 Å². The Hall–Kier alpha value is -0.520. The Balaban J connectivity index is 1.66. The van der Waals surface area contributed by atoms with Crippen molar-refractivity contribution < 1.29 is 0 Å². The molecule has 0 unspecified atom stereocenters. The molecule has 0 radical (unpaired) electrons. The Labute approximate surface area is 81.5 Å². The summed E-state index contributed by atoms with van der Waals surface area (Å²) in [5, 5.41) is 6.54. The summed E-state index contributed by atoms with van der Waals surface area (Å²) < 4.78 is 0. The molecule has 1 aliphatic carbocycles. The van der Waals surface area contributed by atoms with Gasteiger partial charge in [0.25, 0.3) is 0 Å². The molecule has 0 aromatic carbocycles. The lowest BCUT2D eigenvalue weighted by Gasteiger charge is -2.03. The molecule has 0 aromatic rings. The van der Waals surface area contributed by atoms with Crippen LogP contribution in [-0.2, 0) is 0 Å². The second kappa shape index (κ2) is 6.94. The van der Waals surface area contributed by atoms with Crippen LogP contribution >= 0.6 is 0 Å². The van der Waals surface area contributed by atoms with Gasteiger partial charge in [0.1, 0.15) is 0 Å². The van der Waals surface area contributed by atoms with Gasteiger partial charge in [-0.25, -0.2) is 0 Å². The van der Waals surface area contributed by atoms with Crippen molar-refractivity contribution in [2.45, 2.75) is 25.7 Å². The molecule has 0 saturated heterocycles. The molecule has 0 aliphatic heterocycles. The molecule has 0 amide bonds. The molecule has 74 valence electrons. The van der Waals surface area contributed by atoms with E-state index in [1.165, 1.54) is 25.7 Å². The van der Waals surface area contributed by atoms with Crippen LogP contribution < -0.4 is 10.6 Å². The largest absolute Gasteiger partial charge is 0.315 e. The Kier molecular flexibility index (Phi) is 5.64. The molecule has 1 fully saturated rings. The minimum Gasteiger partial charge on any atom is -0.315 e. The molecule has 13 heavy (non-hydrogen) atoms. The first-order valence-electron chi connectivity index (χ1n) is 5.28. The van der Waals surface area contributed by atoms with E-state index < -0.39 is 0 Å². The maximum absolute atomic E-state index is 5.10. The predicted octanol–water partition coefficient (Wildman–Crippen LogP) is 0.989. The molecule has 0 atom stereocenters. The molecule has 1 aliphatic rings. The minimum absolute atomic E-state index is 0.684. The van der Waals surface area contributed by atoms with Crippen molar-refractivity contribution in [1.29, 1.82) is 0 Å². The maximum Gasteiger partial charge on any atom is 0.0574 e. The van der Waals surface area contributed by atoms with Gasteiger partial charge in [-0.2, -0.15) is 0 Å². The monoisotopic (exact) mass is 180 g/mol. The molecular weight excluding hydrogens is 160 g/mol. The van der Waals surface area contributed by atoms with Crippen LogP contribution in [0.5, 0.6) is 0 Å². The Bertz CT molecular complexity index is 156. The standard InChI is InChI=1S/C11H20N2/c1-2-7-12-9-10-13-8-3-4-11-5-6-11/h1,11-13H,3-10H2. The zero-order valence-electron chi connectivity index (χ0n) is 8.31. The SMILES string of the molecule is C#CCNCCNCCCC1CC1. The van der Waals surface area contributed by atoms with Crippen LogP contribution in [0.15, 0.2) is 0 Å². The first-order valence-corrected chi connectivity index (χ1v) is 5.28. The van der Waals surface area contributed by atoms with Crippen LogP contribution in [0.2, 0.25) is 0 Å². The number of rotatable bonds is 8. The van der Waals surface area contributed by atoms with Crippen LogP contribution in [-0.4, -0.2) is 26.2 Å². The molecule has 0 aromatic heterocycles. The van der Waals surface area contributed by atoms with Crippen LogP contribution in [0.3, 0.4) is 0 Å². The van der Waals surface area contributed by atoms with E-state index in [9.17, 15) is 0 Å². The van der Waals surface area contributed by atoms with E-state index in [0.717, 1.165) is 25.6 Å². The number of nitrogens with one attached hydrogen (secondary N) is 2. The van der Waals surface area contributed by atoms with Crippen LogP contribution in [0.1, 0.15) is 25.7 Å². The van der Waals surface area contributed by atoms with Gasteiger partial charge >= 0.3 is 0 Å². The van der Waals surface area contributed by atoms with Crippen molar-refractivity contribution in [2.75, 3.05) is 26.2 Å². The van der Waals surface area contributed by atoms with Crippen LogP contribution in [0, 0.1) is 18.3 Å². The van der Waals surface area contributed by atoms with Crippen molar-refractivity contribution in [3.05, 3.63) is 0 Å². The summed E-state index contributed by atoms with van der Waals surface area (Å²) in [4.78, 5) is 0. The highest BCUT2D eigenvalue weighted by Crippen LogP contribution is 2.33. The Morgan fingerprint density at radius 3 is 2.62 bits per heavy atom. The fourth-order valence-corrected chi connectivity index (χ4v) is 1.38. The molecule has 0 bridgehead atoms. The summed E-state index contributed by atoms with van der Waals surface area (Å²) >= 11 is 0. The van der Waals surface area contributed by atoms with Crippen LogP contribution in [0.25, 0.3) is 0 Å². The molecule has 2 N–H and O–H groups in total. The quantitative estimate of drug-likeness (QED) is 0.430. The topological polar surface area (TPSA) is 24.1 Å². The second-order valence-corrected chi connectivity index (χ2v) is 3.72. The highest BCUT2D eigenvalue weighted by atomic mass is 14.9. The normalized spacial score (nSPS) is 15.6. The molecule has 1 rings (SSSR count). The molecule has 0 heterocycles. The average Bonchev–Trinajstić information content (AvgIpc) is 2.93. The summed E-state index contributed by atoms with van der Waals surface area (Å²) in [6.45, 7) is 3.86. The van der Waals surface area contributed by atoms with E-state index in [0.29, 0.717) is 6.54 Å². The Morgan fingerprint density at radius 1 is 1.15 bits per heavy atom. The average molecular weight is 180 g/mol. The van der Waals surface area contributed by atoms with Crippen LogP contribution in [0.4, 0.5) is 0 Å². The van der Waals surface area contributed by atoms with E-state index >= 15 is 0 Å². The molecule has 2 heteroatoms. The summed E-state index contributed by atoms with van der Waals surface area (Å²) in [5.74, 6) is 3.62.